The fourth-order valence-electron chi connectivity index (χ4n) is 8.97. The molecule has 23 heteroatoms. The number of hydrogen-bond acceptors (Lipinski definition) is 18. The van der Waals surface area contributed by atoms with Crippen LogP contribution in [0.5, 0.6) is 0 Å². The van der Waals surface area contributed by atoms with Gasteiger partial charge in [-0.15, -0.1) is 0 Å². The van der Waals surface area contributed by atoms with Gasteiger partial charge in [-0.05, 0) is 169 Å². The normalized spacial score (nSPS) is 17.9. The van der Waals surface area contributed by atoms with Crippen LogP contribution in [0.4, 0.5) is 0 Å². The van der Waals surface area contributed by atoms with Gasteiger partial charge in [0.15, 0.2) is 0 Å². The second kappa shape index (κ2) is 29.6. The molecule has 7 rings (SSSR count). The summed E-state index contributed by atoms with van der Waals surface area (Å²) in [6.07, 6.45) is -0.709. The Labute approximate surface area is 478 Å². The van der Waals surface area contributed by atoms with E-state index < -0.39 is 95.7 Å². The molecule has 448 valence electrons. The molecular weight excluding hydrogens is 1080 g/mol. The molecule has 0 radical (unpaired) electrons. The molecule has 0 spiro atoms. The number of aromatic nitrogens is 4. The molecule has 2 aromatic heterocycles. The average molecular weight is 1160 g/mol. The Hall–Kier alpha value is -8.28. The van der Waals surface area contributed by atoms with Crippen molar-refractivity contribution in [2.45, 2.75) is 158 Å². The molecule has 2 aliphatic rings. The van der Waals surface area contributed by atoms with Crippen molar-refractivity contribution in [3.63, 3.8) is 0 Å². The number of carbonyl (C=O) groups excluding carboxylic acids is 5. The number of benzene rings is 3. The number of carboxylic acids is 1. The molecule has 0 saturated carbocycles. The third-order valence-corrected chi connectivity index (χ3v) is 14.5. The molecule has 6 unspecified atom stereocenters. The van der Waals surface area contributed by atoms with Crippen LogP contribution in [0.3, 0.4) is 0 Å². The van der Waals surface area contributed by atoms with E-state index in [0.29, 0.717) is 34.2 Å². The number of nitrogens with one attached hydrogen (secondary N) is 2. The fraction of sp³-hybridized carbons (Fsp3) is 0.467. The highest BCUT2D eigenvalue weighted by Crippen LogP contribution is 2.33. The largest absolute Gasteiger partial charge is 0.481 e. The van der Waals surface area contributed by atoms with E-state index >= 15 is 0 Å². The van der Waals surface area contributed by atoms with Crippen molar-refractivity contribution in [3.05, 3.63) is 168 Å². The second-order valence-corrected chi connectivity index (χ2v) is 20.6. The van der Waals surface area contributed by atoms with Crippen LogP contribution >= 0.6 is 0 Å². The van der Waals surface area contributed by atoms with Crippen LogP contribution in [0.15, 0.2) is 68.0 Å². The predicted octanol–water partition coefficient (Wildman–Crippen LogP) is 6.08. The van der Waals surface area contributed by atoms with E-state index in [0.717, 1.165) is 50.1 Å². The van der Waals surface area contributed by atoms with Gasteiger partial charge in [0.1, 0.15) is 50.6 Å². The summed E-state index contributed by atoms with van der Waals surface area (Å²) in [4.78, 5) is 123. The Bertz CT molecular complexity index is 3210. The van der Waals surface area contributed by atoms with Crippen molar-refractivity contribution in [2.24, 2.45) is 0 Å². The van der Waals surface area contributed by atoms with Crippen molar-refractivity contribution < 1.29 is 72.1 Å². The Morgan fingerprint density at radius 1 is 0.506 bits per heavy atom. The van der Waals surface area contributed by atoms with Gasteiger partial charge < -0.3 is 43.4 Å². The highest BCUT2D eigenvalue weighted by Gasteiger charge is 2.40. The van der Waals surface area contributed by atoms with Gasteiger partial charge in [0.25, 0.3) is 11.1 Å². The van der Waals surface area contributed by atoms with Crippen LogP contribution in [-0.2, 0) is 47.5 Å². The Morgan fingerprint density at radius 3 is 1.13 bits per heavy atom. The lowest BCUT2D eigenvalue weighted by Gasteiger charge is -2.17. The molecule has 83 heavy (non-hydrogen) atoms. The number of aliphatic carboxylic acids is 1. The summed E-state index contributed by atoms with van der Waals surface area (Å²) in [6.45, 7) is 21.7. The average Bonchev–Trinajstić information content (AvgIpc) is 4.07. The van der Waals surface area contributed by atoms with Crippen molar-refractivity contribution in [2.75, 3.05) is 26.4 Å². The van der Waals surface area contributed by atoms with Gasteiger partial charge in [-0.1, -0.05) is 6.92 Å². The summed E-state index contributed by atoms with van der Waals surface area (Å²) < 4.78 is 40.3. The molecule has 5 aromatic rings. The van der Waals surface area contributed by atoms with Crippen LogP contribution in [-0.4, -0.2) is 116 Å². The number of ether oxygens (including phenoxy) is 7. The minimum absolute atomic E-state index is 0.0924. The van der Waals surface area contributed by atoms with Gasteiger partial charge in [-0.2, -0.15) is 0 Å². The molecule has 0 aliphatic carbocycles. The smallest absolute Gasteiger partial charge is 0.338 e. The number of rotatable bonds is 18. The summed E-state index contributed by atoms with van der Waals surface area (Å²) >= 11 is 0. The molecule has 23 nitrogen and oxygen atoms in total. The minimum Gasteiger partial charge on any atom is -0.481 e. The summed E-state index contributed by atoms with van der Waals surface area (Å²) in [7, 11) is 0. The Balaban J connectivity index is 0.000000240. The lowest BCUT2D eigenvalue weighted by Crippen LogP contribution is -2.33. The number of aliphatic hydroxyl groups excluding tert-OH is 1. The maximum Gasteiger partial charge on any atom is 0.338 e. The third kappa shape index (κ3) is 17.9. The van der Waals surface area contributed by atoms with E-state index in [1.165, 1.54) is 21.5 Å². The first-order valence-corrected chi connectivity index (χ1v) is 27.0. The maximum atomic E-state index is 12.4. The van der Waals surface area contributed by atoms with Gasteiger partial charge >= 0.3 is 47.2 Å². The zero-order valence-electron chi connectivity index (χ0n) is 48.9. The van der Waals surface area contributed by atoms with E-state index in [2.05, 4.69) is 9.97 Å². The number of hydrogen-bond donors (Lipinski definition) is 4. The van der Waals surface area contributed by atoms with Crippen molar-refractivity contribution in [1.82, 2.24) is 19.1 Å². The van der Waals surface area contributed by atoms with Crippen LogP contribution in [0.2, 0.25) is 0 Å². The van der Waals surface area contributed by atoms with Gasteiger partial charge in [-0.25, -0.2) is 24.0 Å². The molecular formula is C60H74N4O19. The molecule has 3 aromatic carbocycles. The third-order valence-electron chi connectivity index (χ3n) is 14.5. The molecule has 6 atom stereocenters. The predicted molar refractivity (Wildman–Crippen MR) is 301 cm³/mol. The van der Waals surface area contributed by atoms with Crippen molar-refractivity contribution in [3.8, 4) is 0 Å². The standard InChI is InChI=1S/C24H30N2O7.C23H28N2O8.C13H16O4/c1-6-18-19(11-20(32-18)26-12-15(4)22(28)25-24(26)30)33-21(27)7-8-31-23(29)17-9-13(2)16(5)14(3)10-17;1-12-7-16(8-13(2)15(12)4)22(29)31-6-5-20(27)33-17-9-19(32-18(17)11-26)25-10-14(3)21(28)24-23(25)30;1-8-6-11(7-9(2)10(8)3)13(16)17-5-4-12(14)15/h9-10,12,18-20H,6-8,11H2,1-5H3,(H,25,28,30);7-8,10,17-19,26H,5-6,9,11H2,1-4H3,(H,24,28,30);6-7H,4-5H2,1-3H3,(H,14,15). The van der Waals surface area contributed by atoms with Crippen molar-refractivity contribution in [1.29, 1.82) is 0 Å². The summed E-state index contributed by atoms with van der Waals surface area (Å²) in [6, 6.07) is 10.5. The minimum atomic E-state index is -0.978. The number of carbonyl (C=O) groups is 6. The number of nitrogens with zero attached hydrogens (tertiary/aromatic N) is 2. The molecule has 4 heterocycles. The second-order valence-electron chi connectivity index (χ2n) is 20.6. The first-order chi connectivity index (χ1) is 39.1. The van der Waals surface area contributed by atoms with Gasteiger partial charge in [0, 0.05) is 36.4 Å². The SMILES string of the molecule is CCC1OC(n2cc(C)c(=O)[nH]c2=O)CC1OC(=O)CCOC(=O)c1cc(C)c(C)c(C)c1.Cc1cc(C(=O)OCCC(=O)O)cc(C)c1C.Cc1cc(C(=O)OCCC(=O)OC2CC(n3cc(C)c(=O)[nH]c3=O)OC2CO)cc(C)c1C. The summed E-state index contributed by atoms with van der Waals surface area (Å²) in [5.74, 6) is -3.61. The van der Waals surface area contributed by atoms with E-state index in [4.69, 9.17) is 38.3 Å². The van der Waals surface area contributed by atoms with Gasteiger partial charge in [0.2, 0.25) is 0 Å². The Morgan fingerprint density at radius 2 is 0.819 bits per heavy atom. The zero-order valence-corrected chi connectivity index (χ0v) is 48.9. The molecule has 0 bridgehead atoms. The maximum absolute atomic E-state index is 12.4. The number of aromatic amines is 2. The van der Waals surface area contributed by atoms with E-state index in [9.17, 15) is 53.1 Å². The molecule has 2 aliphatic heterocycles. The quantitative estimate of drug-likeness (QED) is 0.0570. The summed E-state index contributed by atoms with van der Waals surface area (Å²) in [5, 5.41) is 18.0. The van der Waals surface area contributed by atoms with E-state index in [1.54, 1.807) is 50.2 Å². The highest BCUT2D eigenvalue weighted by atomic mass is 16.6. The molecule has 2 fully saturated rings. The first-order valence-electron chi connectivity index (χ1n) is 27.0. The molecule has 0 amide bonds. The highest BCUT2D eigenvalue weighted by molar-refractivity contribution is 5.91. The number of aliphatic hydroxyl groups is 1. The first kappa shape index (κ1) is 65.5. The molecule has 4 N–H and O–H groups in total. The van der Waals surface area contributed by atoms with Gasteiger partial charge in [0.05, 0.1) is 48.7 Å². The number of aryl methyl sites for hydroxylation is 8. The lowest BCUT2D eigenvalue weighted by atomic mass is 10.0. The fourth-order valence-corrected chi connectivity index (χ4v) is 8.97. The van der Waals surface area contributed by atoms with Crippen LogP contribution in [0, 0.1) is 76.2 Å². The van der Waals surface area contributed by atoms with Gasteiger partial charge in [-0.3, -0.25) is 43.1 Å². The van der Waals surface area contributed by atoms with Crippen molar-refractivity contribution >= 4 is 35.8 Å². The van der Waals surface area contributed by atoms with Crippen LogP contribution in [0.1, 0.15) is 150 Å². The lowest BCUT2D eigenvalue weighted by molar-refractivity contribution is -0.154. The van der Waals surface area contributed by atoms with E-state index in [-0.39, 0.29) is 58.0 Å². The zero-order chi connectivity index (χ0) is 61.6. The number of esters is 5. The van der Waals surface area contributed by atoms with E-state index in [1.807, 2.05) is 69.2 Å². The topological polar surface area (TPSA) is 317 Å². The monoisotopic (exact) mass is 1150 g/mol. The Kier molecular flexibility index (Phi) is 23.4. The number of H-pyrrole nitrogens is 2. The molecule has 2 saturated heterocycles. The summed E-state index contributed by atoms with van der Waals surface area (Å²) in [5.41, 5.74) is 9.21. The van der Waals surface area contributed by atoms with Crippen LogP contribution in [0.25, 0.3) is 0 Å². The number of carboxylic acid groups (broad SMARTS) is 1. The van der Waals surface area contributed by atoms with Crippen LogP contribution < -0.4 is 22.5 Å².